The summed E-state index contributed by atoms with van der Waals surface area (Å²) in [5.74, 6) is -0.226. The van der Waals surface area contributed by atoms with Crippen LogP contribution in [0, 0.1) is 5.92 Å². The van der Waals surface area contributed by atoms with E-state index in [4.69, 9.17) is 9.47 Å². The number of esters is 1. The van der Waals surface area contributed by atoms with Crippen LogP contribution in [0.5, 0.6) is 0 Å². The fourth-order valence-corrected chi connectivity index (χ4v) is 3.10. The first-order valence-corrected chi connectivity index (χ1v) is 9.27. The minimum Gasteiger partial charge on any atom is -0.466 e. The van der Waals surface area contributed by atoms with Crippen LogP contribution in [-0.4, -0.2) is 36.9 Å². The first-order valence-electron chi connectivity index (χ1n) is 9.27. The molecule has 144 valence electrons. The molecule has 1 saturated heterocycles. The summed E-state index contributed by atoms with van der Waals surface area (Å²) in [6.45, 7) is 8.64. The highest BCUT2D eigenvalue weighted by atomic mass is 16.6. The van der Waals surface area contributed by atoms with Gasteiger partial charge in [-0.25, -0.2) is 4.79 Å². The van der Waals surface area contributed by atoms with Crippen LogP contribution in [0.25, 0.3) is 0 Å². The van der Waals surface area contributed by atoms with Gasteiger partial charge in [0.15, 0.2) is 0 Å². The summed E-state index contributed by atoms with van der Waals surface area (Å²) in [5, 5.41) is 6.16. The summed E-state index contributed by atoms with van der Waals surface area (Å²) in [7, 11) is 0. The third kappa shape index (κ3) is 6.33. The minimum absolute atomic E-state index is 0.0764. The third-order valence-electron chi connectivity index (χ3n) is 4.23. The van der Waals surface area contributed by atoms with E-state index >= 15 is 0 Å². The monoisotopic (exact) mass is 362 g/mol. The van der Waals surface area contributed by atoms with Crippen molar-refractivity contribution >= 4 is 17.7 Å². The molecule has 1 amide bonds. The predicted molar refractivity (Wildman–Crippen MR) is 101 cm³/mol. The SMILES string of the molecule is CCOC(=O)[C@H]1CCCN[C@H]1Cc1ccc(NC(=O)OC(C)(C)C)cc1. The normalized spacial score (nSPS) is 20.3. The zero-order valence-corrected chi connectivity index (χ0v) is 16.1. The van der Waals surface area contributed by atoms with E-state index in [-0.39, 0.29) is 17.9 Å². The van der Waals surface area contributed by atoms with Crippen LogP contribution in [-0.2, 0) is 20.7 Å². The van der Waals surface area contributed by atoms with E-state index in [9.17, 15) is 9.59 Å². The molecule has 0 saturated carbocycles. The summed E-state index contributed by atoms with van der Waals surface area (Å²) in [4.78, 5) is 24.0. The number of carbonyl (C=O) groups is 2. The standard InChI is InChI=1S/C20H30N2O4/c1-5-25-18(23)16-7-6-12-21-17(16)13-14-8-10-15(11-9-14)22-19(24)26-20(2,3)4/h8-11,16-17,21H,5-7,12-13H2,1-4H3,(H,22,24)/t16-,17-/m0/s1. The number of piperidine rings is 1. The molecule has 0 aromatic heterocycles. The summed E-state index contributed by atoms with van der Waals surface area (Å²) in [6, 6.07) is 7.70. The quantitative estimate of drug-likeness (QED) is 0.784. The molecule has 2 rings (SSSR count). The van der Waals surface area contributed by atoms with Gasteiger partial charge in [-0.05, 0) is 71.2 Å². The first kappa shape index (κ1) is 20.2. The molecular formula is C20H30N2O4. The van der Waals surface area contributed by atoms with Crippen LogP contribution >= 0.6 is 0 Å². The van der Waals surface area contributed by atoms with Crippen molar-refractivity contribution in [3.8, 4) is 0 Å². The van der Waals surface area contributed by atoms with Gasteiger partial charge in [-0.1, -0.05) is 12.1 Å². The summed E-state index contributed by atoms with van der Waals surface area (Å²) >= 11 is 0. The third-order valence-corrected chi connectivity index (χ3v) is 4.23. The maximum absolute atomic E-state index is 12.2. The average molecular weight is 362 g/mol. The number of hydrogen-bond acceptors (Lipinski definition) is 5. The maximum Gasteiger partial charge on any atom is 0.412 e. The molecular weight excluding hydrogens is 332 g/mol. The number of hydrogen-bond donors (Lipinski definition) is 2. The fraction of sp³-hybridized carbons (Fsp3) is 0.600. The molecule has 0 aliphatic carbocycles. The van der Waals surface area contributed by atoms with Crippen LogP contribution in [0.15, 0.2) is 24.3 Å². The lowest BCUT2D eigenvalue weighted by atomic mass is 9.87. The van der Waals surface area contributed by atoms with E-state index in [1.807, 2.05) is 52.0 Å². The zero-order valence-electron chi connectivity index (χ0n) is 16.1. The van der Waals surface area contributed by atoms with Crippen molar-refractivity contribution in [1.29, 1.82) is 0 Å². The van der Waals surface area contributed by atoms with Gasteiger partial charge in [-0.3, -0.25) is 10.1 Å². The van der Waals surface area contributed by atoms with Gasteiger partial charge in [0, 0.05) is 11.7 Å². The Morgan fingerprint density at radius 2 is 1.92 bits per heavy atom. The molecule has 1 aromatic carbocycles. The molecule has 1 fully saturated rings. The Kier molecular flexibility index (Phi) is 7.03. The van der Waals surface area contributed by atoms with Gasteiger partial charge in [0.25, 0.3) is 0 Å². The molecule has 26 heavy (non-hydrogen) atoms. The summed E-state index contributed by atoms with van der Waals surface area (Å²) in [5.41, 5.74) is 1.26. The number of nitrogens with one attached hydrogen (secondary N) is 2. The van der Waals surface area contributed by atoms with Crippen molar-refractivity contribution < 1.29 is 19.1 Å². The lowest BCUT2D eigenvalue weighted by molar-refractivity contribution is -0.150. The van der Waals surface area contributed by atoms with E-state index in [1.165, 1.54) is 0 Å². The van der Waals surface area contributed by atoms with Gasteiger partial charge < -0.3 is 14.8 Å². The highest BCUT2D eigenvalue weighted by Crippen LogP contribution is 2.22. The number of ether oxygens (including phenoxy) is 2. The van der Waals surface area contributed by atoms with E-state index < -0.39 is 11.7 Å². The average Bonchev–Trinajstić information content (AvgIpc) is 2.55. The van der Waals surface area contributed by atoms with E-state index in [0.29, 0.717) is 12.3 Å². The largest absolute Gasteiger partial charge is 0.466 e. The number of amides is 1. The van der Waals surface area contributed by atoms with E-state index in [2.05, 4.69) is 10.6 Å². The molecule has 2 atom stereocenters. The Morgan fingerprint density at radius 1 is 1.23 bits per heavy atom. The molecule has 0 bridgehead atoms. The number of anilines is 1. The Balaban J connectivity index is 1.95. The smallest absolute Gasteiger partial charge is 0.412 e. The van der Waals surface area contributed by atoms with Crippen molar-refractivity contribution in [2.75, 3.05) is 18.5 Å². The van der Waals surface area contributed by atoms with Crippen LogP contribution < -0.4 is 10.6 Å². The summed E-state index contributed by atoms with van der Waals surface area (Å²) < 4.78 is 10.5. The number of rotatable bonds is 5. The molecule has 1 heterocycles. The van der Waals surface area contributed by atoms with Gasteiger partial charge in [0.2, 0.25) is 0 Å². The van der Waals surface area contributed by atoms with Crippen LogP contribution in [0.1, 0.15) is 46.1 Å². The van der Waals surface area contributed by atoms with Crippen LogP contribution in [0.3, 0.4) is 0 Å². The maximum atomic E-state index is 12.2. The minimum atomic E-state index is -0.529. The second kappa shape index (κ2) is 9.03. The number of benzene rings is 1. The second-order valence-electron chi connectivity index (χ2n) is 7.59. The highest BCUT2D eigenvalue weighted by molar-refractivity contribution is 5.84. The van der Waals surface area contributed by atoms with Gasteiger partial charge in [0.05, 0.1) is 12.5 Å². The van der Waals surface area contributed by atoms with Crippen LogP contribution in [0.4, 0.5) is 10.5 Å². The molecule has 6 nitrogen and oxygen atoms in total. The predicted octanol–water partition coefficient (Wildman–Crippen LogP) is 3.51. The Hall–Kier alpha value is -2.08. The fourth-order valence-electron chi connectivity index (χ4n) is 3.10. The lowest BCUT2D eigenvalue weighted by Gasteiger charge is -2.31. The molecule has 1 aliphatic heterocycles. The van der Waals surface area contributed by atoms with Gasteiger partial charge >= 0.3 is 12.1 Å². The number of carbonyl (C=O) groups excluding carboxylic acids is 2. The topological polar surface area (TPSA) is 76.7 Å². The Bertz CT molecular complexity index is 607. The van der Waals surface area contributed by atoms with Crippen LogP contribution in [0.2, 0.25) is 0 Å². The van der Waals surface area contributed by atoms with Gasteiger partial charge in [0.1, 0.15) is 5.60 Å². The molecule has 1 aliphatic rings. The van der Waals surface area contributed by atoms with Crippen molar-refractivity contribution in [2.45, 2.75) is 58.6 Å². The first-order chi connectivity index (χ1) is 12.3. The molecule has 0 spiro atoms. The molecule has 1 aromatic rings. The Morgan fingerprint density at radius 3 is 2.54 bits per heavy atom. The lowest BCUT2D eigenvalue weighted by Crippen LogP contribution is -2.46. The van der Waals surface area contributed by atoms with Gasteiger partial charge in [-0.15, -0.1) is 0 Å². The summed E-state index contributed by atoms with van der Waals surface area (Å²) in [6.07, 6.45) is 2.12. The highest BCUT2D eigenvalue weighted by Gasteiger charge is 2.31. The van der Waals surface area contributed by atoms with E-state index in [1.54, 1.807) is 0 Å². The molecule has 0 unspecified atom stereocenters. The van der Waals surface area contributed by atoms with E-state index in [0.717, 1.165) is 31.4 Å². The second-order valence-corrected chi connectivity index (χ2v) is 7.59. The van der Waals surface area contributed by atoms with Crippen molar-refractivity contribution in [1.82, 2.24) is 5.32 Å². The van der Waals surface area contributed by atoms with Crippen molar-refractivity contribution in [2.24, 2.45) is 5.92 Å². The zero-order chi connectivity index (χ0) is 19.2. The van der Waals surface area contributed by atoms with Crippen molar-refractivity contribution in [3.05, 3.63) is 29.8 Å². The molecule has 0 radical (unpaired) electrons. The van der Waals surface area contributed by atoms with Gasteiger partial charge in [-0.2, -0.15) is 0 Å². The molecule has 2 N–H and O–H groups in total. The van der Waals surface area contributed by atoms with Crippen molar-refractivity contribution in [3.63, 3.8) is 0 Å². The molecule has 6 heteroatoms. The Labute approximate surface area is 155 Å².